The standard InChI is InChI=1S/C23H25N3O4/c1-13-9-14(2)11-16(10-13)12-18(20(27)22(24)28)25-23(29)19-15(3)26-30-21(19)17-7-5-4-6-8-17/h4-11,18,20,27H,12H2,1-3H3,(H2,24,28)(H,25,29). The number of rotatable bonds is 7. The molecule has 7 nitrogen and oxygen atoms in total. The SMILES string of the molecule is Cc1cc(C)cc(CC(NC(=O)c2c(C)noc2-c2ccccc2)C(O)C(N)=O)c1. The van der Waals surface area contributed by atoms with Crippen molar-refractivity contribution in [3.63, 3.8) is 0 Å². The number of aliphatic hydroxyl groups is 1. The number of nitrogens with one attached hydrogen (secondary N) is 1. The lowest BCUT2D eigenvalue weighted by molar-refractivity contribution is -0.127. The van der Waals surface area contributed by atoms with Crippen LogP contribution >= 0.6 is 0 Å². The first-order chi connectivity index (χ1) is 14.3. The van der Waals surface area contributed by atoms with Crippen molar-refractivity contribution in [2.45, 2.75) is 39.3 Å². The number of aliphatic hydroxyl groups excluding tert-OH is 1. The smallest absolute Gasteiger partial charge is 0.257 e. The predicted molar refractivity (Wildman–Crippen MR) is 113 cm³/mol. The third-order valence-electron chi connectivity index (χ3n) is 4.85. The highest BCUT2D eigenvalue weighted by atomic mass is 16.5. The van der Waals surface area contributed by atoms with Gasteiger partial charge < -0.3 is 20.7 Å². The van der Waals surface area contributed by atoms with E-state index in [0.717, 1.165) is 16.7 Å². The fourth-order valence-electron chi connectivity index (χ4n) is 3.54. The largest absolute Gasteiger partial charge is 0.381 e. The molecule has 0 radical (unpaired) electrons. The van der Waals surface area contributed by atoms with E-state index in [2.05, 4.69) is 10.5 Å². The maximum absolute atomic E-state index is 13.1. The molecule has 2 unspecified atom stereocenters. The van der Waals surface area contributed by atoms with E-state index < -0.39 is 24.0 Å². The molecule has 2 amide bonds. The summed E-state index contributed by atoms with van der Waals surface area (Å²) in [6, 6.07) is 14.1. The molecule has 3 aromatic rings. The van der Waals surface area contributed by atoms with E-state index in [1.807, 2.05) is 62.4 Å². The Morgan fingerprint density at radius 2 is 1.73 bits per heavy atom. The first-order valence-corrected chi connectivity index (χ1v) is 9.63. The van der Waals surface area contributed by atoms with Crippen molar-refractivity contribution in [1.82, 2.24) is 10.5 Å². The molecule has 2 atom stereocenters. The second-order valence-electron chi connectivity index (χ2n) is 7.47. The van der Waals surface area contributed by atoms with E-state index >= 15 is 0 Å². The summed E-state index contributed by atoms with van der Waals surface area (Å²) in [6.07, 6.45) is -1.31. The molecule has 0 saturated heterocycles. The third-order valence-corrected chi connectivity index (χ3v) is 4.85. The molecule has 1 heterocycles. The fraction of sp³-hybridized carbons (Fsp3) is 0.261. The second-order valence-corrected chi connectivity index (χ2v) is 7.47. The summed E-state index contributed by atoms with van der Waals surface area (Å²) in [5, 5.41) is 17.0. The molecule has 0 spiro atoms. The summed E-state index contributed by atoms with van der Waals surface area (Å²) < 4.78 is 5.38. The van der Waals surface area contributed by atoms with Crippen molar-refractivity contribution in [2.75, 3.05) is 0 Å². The first kappa shape index (κ1) is 21.3. The number of nitrogens with two attached hydrogens (primary N) is 1. The number of benzene rings is 2. The molecule has 30 heavy (non-hydrogen) atoms. The molecule has 0 aliphatic rings. The van der Waals surface area contributed by atoms with Gasteiger partial charge in [-0.2, -0.15) is 0 Å². The van der Waals surface area contributed by atoms with Crippen LogP contribution in [0.25, 0.3) is 11.3 Å². The van der Waals surface area contributed by atoms with Crippen LogP contribution in [-0.2, 0) is 11.2 Å². The van der Waals surface area contributed by atoms with Gasteiger partial charge in [-0.25, -0.2) is 0 Å². The van der Waals surface area contributed by atoms with Crippen molar-refractivity contribution >= 4 is 11.8 Å². The van der Waals surface area contributed by atoms with Gasteiger partial charge in [-0.3, -0.25) is 9.59 Å². The Hall–Kier alpha value is -3.45. The maximum atomic E-state index is 13.1. The Kier molecular flexibility index (Phi) is 6.32. The minimum Gasteiger partial charge on any atom is -0.381 e. The quantitative estimate of drug-likeness (QED) is 0.556. The summed E-state index contributed by atoms with van der Waals surface area (Å²) in [7, 11) is 0. The molecular weight excluding hydrogens is 382 g/mol. The average Bonchev–Trinajstić information content (AvgIpc) is 3.08. The molecule has 0 aliphatic carbocycles. The van der Waals surface area contributed by atoms with Gasteiger partial charge in [0.15, 0.2) is 11.9 Å². The number of amides is 2. The number of carbonyl (C=O) groups is 2. The van der Waals surface area contributed by atoms with Gasteiger partial charge in [-0.05, 0) is 32.8 Å². The highest BCUT2D eigenvalue weighted by Crippen LogP contribution is 2.26. The summed E-state index contributed by atoms with van der Waals surface area (Å²) in [5.74, 6) is -1.08. The molecule has 1 aromatic heterocycles. The van der Waals surface area contributed by atoms with E-state index in [1.165, 1.54) is 0 Å². The molecule has 0 aliphatic heterocycles. The Bertz CT molecular complexity index is 1040. The van der Waals surface area contributed by atoms with Gasteiger partial charge in [-0.15, -0.1) is 0 Å². The van der Waals surface area contributed by atoms with Crippen molar-refractivity contribution in [3.05, 3.63) is 76.5 Å². The lowest BCUT2D eigenvalue weighted by Gasteiger charge is -2.22. The number of aromatic nitrogens is 1. The number of primary amides is 1. The van der Waals surface area contributed by atoms with E-state index in [4.69, 9.17) is 10.3 Å². The number of aryl methyl sites for hydroxylation is 3. The van der Waals surface area contributed by atoms with Gasteiger partial charge in [0, 0.05) is 5.56 Å². The first-order valence-electron chi connectivity index (χ1n) is 9.63. The van der Waals surface area contributed by atoms with Crippen LogP contribution in [0.5, 0.6) is 0 Å². The minimum atomic E-state index is -1.55. The van der Waals surface area contributed by atoms with Gasteiger partial charge in [0.05, 0.1) is 11.7 Å². The Balaban J connectivity index is 1.91. The third kappa shape index (κ3) is 4.75. The van der Waals surface area contributed by atoms with Crippen LogP contribution < -0.4 is 11.1 Å². The Morgan fingerprint density at radius 3 is 2.33 bits per heavy atom. The van der Waals surface area contributed by atoms with Crippen LogP contribution in [0.1, 0.15) is 32.7 Å². The molecule has 7 heteroatoms. The van der Waals surface area contributed by atoms with Crippen LogP contribution in [0.4, 0.5) is 0 Å². The number of hydrogen-bond donors (Lipinski definition) is 3. The normalized spacial score (nSPS) is 12.9. The number of carbonyl (C=O) groups excluding carboxylic acids is 2. The lowest BCUT2D eigenvalue weighted by atomic mass is 9.97. The molecule has 3 rings (SSSR count). The van der Waals surface area contributed by atoms with Gasteiger partial charge >= 0.3 is 0 Å². The highest BCUT2D eigenvalue weighted by molar-refractivity contribution is 6.01. The Morgan fingerprint density at radius 1 is 1.10 bits per heavy atom. The molecule has 0 fully saturated rings. The molecular formula is C23H25N3O4. The summed E-state index contributed by atoms with van der Waals surface area (Å²) in [5.41, 5.74) is 9.65. The van der Waals surface area contributed by atoms with Gasteiger partial charge in [0.25, 0.3) is 5.91 Å². The van der Waals surface area contributed by atoms with E-state index in [0.29, 0.717) is 17.0 Å². The van der Waals surface area contributed by atoms with Crippen molar-refractivity contribution in [3.8, 4) is 11.3 Å². The van der Waals surface area contributed by atoms with E-state index in [1.54, 1.807) is 6.92 Å². The van der Waals surface area contributed by atoms with Crippen molar-refractivity contribution in [1.29, 1.82) is 0 Å². The average molecular weight is 407 g/mol. The molecule has 156 valence electrons. The number of hydrogen-bond acceptors (Lipinski definition) is 5. The van der Waals surface area contributed by atoms with E-state index in [-0.39, 0.29) is 12.0 Å². The molecule has 0 saturated carbocycles. The van der Waals surface area contributed by atoms with Crippen LogP contribution in [0.15, 0.2) is 53.1 Å². The monoisotopic (exact) mass is 407 g/mol. The van der Waals surface area contributed by atoms with Gasteiger partial charge in [0.1, 0.15) is 5.56 Å². The predicted octanol–water partition coefficient (Wildman–Crippen LogP) is 2.45. The fourth-order valence-corrected chi connectivity index (χ4v) is 3.54. The second kappa shape index (κ2) is 8.92. The zero-order valence-electron chi connectivity index (χ0n) is 17.2. The van der Waals surface area contributed by atoms with Crippen LogP contribution in [0.3, 0.4) is 0 Å². The summed E-state index contributed by atoms with van der Waals surface area (Å²) in [6.45, 7) is 5.58. The highest BCUT2D eigenvalue weighted by Gasteiger charge is 2.29. The molecule has 2 aromatic carbocycles. The molecule has 0 bridgehead atoms. The van der Waals surface area contributed by atoms with Crippen molar-refractivity contribution < 1.29 is 19.2 Å². The van der Waals surface area contributed by atoms with Gasteiger partial charge in [0.2, 0.25) is 5.91 Å². The van der Waals surface area contributed by atoms with Gasteiger partial charge in [-0.1, -0.05) is 64.8 Å². The summed E-state index contributed by atoms with van der Waals surface area (Å²) in [4.78, 5) is 24.8. The molecule has 4 N–H and O–H groups in total. The summed E-state index contributed by atoms with van der Waals surface area (Å²) >= 11 is 0. The minimum absolute atomic E-state index is 0.239. The van der Waals surface area contributed by atoms with E-state index in [9.17, 15) is 14.7 Å². The Labute approximate surface area is 174 Å². The van der Waals surface area contributed by atoms with Crippen LogP contribution in [-0.4, -0.2) is 34.2 Å². The zero-order chi connectivity index (χ0) is 21.8. The topological polar surface area (TPSA) is 118 Å². The lowest BCUT2D eigenvalue weighted by Crippen LogP contribution is -2.50. The number of nitrogens with zero attached hydrogens (tertiary/aromatic N) is 1. The zero-order valence-corrected chi connectivity index (χ0v) is 17.2. The van der Waals surface area contributed by atoms with Crippen LogP contribution in [0.2, 0.25) is 0 Å². The van der Waals surface area contributed by atoms with Crippen LogP contribution in [0, 0.1) is 20.8 Å². The maximum Gasteiger partial charge on any atom is 0.257 e. The van der Waals surface area contributed by atoms with Crippen molar-refractivity contribution in [2.24, 2.45) is 5.73 Å².